The molecule has 0 saturated heterocycles. The lowest BCUT2D eigenvalue weighted by atomic mass is 9.36. The van der Waals surface area contributed by atoms with Crippen molar-refractivity contribution in [2.45, 2.75) is 118 Å². The van der Waals surface area contributed by atoms with Crippen molar-refractivity contribution in [2.75, 3.05) is 9.80 Å². The van der Waals surface area contributed by atoms with Crippen molar-refractivity contribution in [1.29, 1.82) is 0 Å². The van der Waals surface area contributed by atoms with Gasteiger partial charge >= 0.3 is 0 Å². The molecule has 4 heteroatoms. The van der Waals surface area contributed by atoms with Crippen LogP contribution in [0.5, 0.6) is 0 Å². The van der Waals surface area contributed by atoms with Gasteiger partial charge in [-0.3, -0.25) is 0 Å². The predicted molar refractivity (Wildman–Crippen MR) is 289 cm³/mol. The lowest BCUT2D eigenvalue weighted by Crippen LogP contribution is -2.60. The van der Waals surface area contributed by atoms with Crippen molar-refractivity contribution in [1.82, 2.24) is 0 Å². The second-order valence-corrected chi connectivity index (χ2v) is 24.1. The molecule has 2 aliphatic heterocycles. The van der Waals surface area contributed by atoms with Crippen LogP contribution in [0, 0.1) is 13.8 Å². The Balaban J connectivity index is 1.24. The van der Waals surface area contributed by atoms with Crippen LogP contribution in [0.15, 0.2) is 140 Å². The third kappa shape index (κ3) is 6.72. The molecular formula is C62H63BN2S. The molecule has 0 N–H and O–H groups in total. The maximum absolute atomic E-state index is 2.69. The number of benzene rings is 7. The summed E-state index contributed by atoms with van der Waals surface area (Å²) in [6.45, 7) is 28.4. The van der Waals surface area contributed by atoms with Gasteiger partial charge in [-0.1, -0.05) is 160 Å². The molecule has 66 heavy (non-hydrogen) atoms. The summed E-state index contributed by atoms with van der Waals surface area (Å²) in [4.78, 5) is 5.31. The molecule has 0 unspecified atom stereocenters. The highest BCUT2D eigenvalue weighted by Gasteiger charge is 2.47. The summed E-state index contributed by atoms with van der Waals surface area (Å²) >= 11 is 2.03. The van der Waals surface area contributed by atoms with E-state index < -0.39 is 0 Å². The van der Waals surface area contributed by atoms with Crippen molar-refractivity contribution in [3.05, 3.63) is 173 Å². The minimum Gasteiger partial charge on any atom is -0.311 e. The Morgan fingerprint density at radius 2 is 1.09 bits per heavy atom. The van der Waals surface area contributed by atoms with E-state index in [0.717, 1.165) is 0 Å². The van der Waals surface area contributed by atoms with Gasteiger partial charge in [-0.25, -0.2) is 0 Å². The molecule has 3 heterocycles. The van der Waals surface area contributed by atoms with Crippen LogP contribution in [0.25, 0.3) is 32.3 Å². The van der Waals surface area contributed by atoms with E-state index >= 15 is 0 Å². The zero-order chi connectivity index (χ0) is 46.2. The Bertz CT molecular complexity index is 3250. The van der Waals surface area contributed by atoms with E-state index in [0.29, 0.717) is 0 Å². The van der Waals surface area contributed by atoms with Gasteiger partial charge in [0.25, 0.3) is 6.71 Å². The van der Waals surface area contributed by atoms with Gasteiger partial charge in [0, 0.05) is 43.1 Å². The molecule has 0 radical (unpaired) electrons. The average molecular weight is 879 g/mol. The van der Waals surface area contributed by atoms with Gasteiger partial charge in [0.1, 0.15) is 0 Å². The smallest absolute Gasteiger partial charge is 0.264 e. The van der Waals surface area contributed by atoms with Crippen LogP contribution >= 0.6 is 11.3 Å². The zero-order valence-electron chi connectivity index (χ0n) is 41.1. The number of anilines is 6. The molecule has 0 bridgehead atoms. The quantitative estimate of drug-likeness (QED) is 0.163. The third-order valence-corrected chi connectivity index (χ3v) is 16.5. The molecule has 1 aromatic heterocycles. The molecule has 0 amide bonds. The van der Waals surface area contributed by atoms with Gasteiger partial charge in [-0.2, -0.15) is 0 Å². The number of para-hydroxylation sites is 1. The third-order valence-electron chi connectivity index (χ3n) is 15.3. The first-order chi connectivity index (χ1) is 31.3. The number of rotatable bonds is 4. The molecule has 1 aliphatic carbocycles. The summed E-state index contributed by atoms with van der Waals surface area (Å²) < 4.78 is 2.81. The monoisotopic (exact) mass is 878 g/mol. The van der Waals surface area contributed by atoms with E-state index in [4.69, 9.17) is 0 Å². The number of hydrogen-bond donors (Lipinski definition) is 0. The summed E-state index contributed by atoms with van der Waals surface area (Å²) in [5, 5.41) is 1.37. The highest BCUT2D eigenvalue weighted by Crippen LogP contribution is 2.54. The number of nitrogens with zero attached hydrogens (tertiary/aromatic N) is 2. The van der Waals surface area contributed by atoms with Gasteiger partial charge in [-0.15, -0.1) is 11.3 Å². The molecule has 0 atom stereocenters. The first-order valence-corrected chi connectivity index (χ1v) is 25.0. The normalized spacial score (nSPS) is 15.9. The van der Waals surface area contributed by atoms with Gasteiger partial charge in [0.05, 0.1) is 17.1 Å². The fourth-order valence-electron chi connectivity index (χ4n) is 11.4. The summed E-state index contributed by atoms with van der Waals surface area (Å²) in [5.41, 5.74) is 23.7. The van der Waals surface area contributed by atoms with Crippen molar-refractivity contribution in [3.8, 4) is 22.3 Å². The first-order valence-electron chi connectivity index (χ1n) is 24.2. The fourth-order valence-corrected chi connectivity index (χ4v) is 12.7. The molecule has 3 aliphatic rings. The van der Waals surface area contributed by atoms with Crippen LogP contribution in [0.2, 0.25) is 0 Å². The summed E-state index contributed by atoms with van der Waals surface area (Å²) in [6, 6.07) is 54.2. The molecule has 11 rings (SSSR count). The Kier molecular flexibility index (Phi) is 9.61. The number of aryl methyl sites for hydroxylation is 2. The first kappa shape index (κ1) is 42.8. The predicted octanol–water partition coefficient (Wildman–Crippen LogP) is 15.9. The molecule has 7 aromatic carbocycles. The molecule has 0 spiro atoms. The van der Waals surface area contributed by atoms with Gasteiger partial charge in [0.2, 0.25) is 0 Å². The van der Waals surface area contributed by atoms with Crippen molar-refractivity contribution in [3.63, 3.8) is 0 Å². The number of fused-ring (bicyclic) bond motifs is 7. The molecule has 0 fully saturated rings. The van der Waals surface area contributed by atoms with Gasteiger partial charge in [-0.05, 0) is 152 Å². The molecule has 0 saturated carbocycles. The highest BCUT2D eigenvalue weighted by molar-refractivity contribution is 7.33. The van der Waals surface area contributed by atoms with Crippen LogP contribution in [0.3, 0.4) is 0 Å². The lowest BCUT2D eigenvalue weighted by Gasteiger charge is -2.44. The van der Waals surface area contributed by atoms with Crippen LogP contribution in [0.1, 0.15) is 115 Å². The maximum atomic E-state index is 2.69. The van der Waals surface area contributed by atoms with E-state index in [9.17, 15) is 0 Å². The standard InChI is InChI=1S/C62H63BN2S/c1-38-22-28-44(40-18-14-13-15-19-40)52(32-38)65-54-34-39(2)33-53-56(54)63(58-57(65)46-36-47-48(37-55(46)66-58)62(11,12)31-30-61(47,9)10)49-20-16-17-21-51(49)64(53)50-29-27-43(60(6,7)8)35-45(50)41-23-25-42(26-24-41)59(3,4)5/h13-29,32-37H,30-31H2,1-12H3. The Morgan fingerprint density at radius 3 is 1.77 bits per heavy atom. The van der Waals surface area contributed by atoms with E-state index in [1.807, 2.05) is 11.3 Å². The second-order valence-electron chi connectivity index (χ2n) is 23.1. The minimum absolute atomic E-state index is 0.0158. The van der Waals surface area contributed by atoms with Crippen molar-refractivity contribution < 1.29 is 0 Å². The second kappa shape index (κ2) is 14.8. The molecule has 2 nitrogen and oxygen atoms in total. The molecule has 8 aromatic rings. The SMILES string of the molecule is Cc1ccc(-c2ccccc2)c(N2c3cc(C)cc4c3B(c3ccccc3N4c3ccc(C(C)(C)C)cc3-c3ccc(C(C)(C)C)cc3)c3sc4cc5c(cc4c32)C(C)(C)CCC5(C)C)c1. The van der Waals surface area contributed by atoms with E-state index in [1.165, 1.54) is 128 Å². The van der Waals surface area contributed by atoms with Crippen LogP contribution in [-0.2, 0) is 21.7 Å². The largest absolute Gasteiger partial charge is 0.311 e. The Hall–Kier alpha value is -5.84. The Labute approximate surface area is 398 Å². The summed E-state index contributed by atoms with van der Waals surface area (Å²) in [7, 11) is 0. The molecular weight excluding hydrogens is 816 g/mol. The minimum atomic E-state index is -0.0158. The van der Waals surface area contributed by atoms with Crippen LogP contribution in [0.4, 0.5) is 34.1 Å². The highest BCUT2D eigenvalue weighted by atomic mass is 32.1. The summed E-state index contributed by atoms with van der Waals surface area (Å²) in [5.74, 6) is 0. The van der Waals surface area contributed by atoms with Crippen molar-refractivity contribution in [2.24, 2.45) is 0 Å². The van der Waals surface area contributed by atoms with E-state index in [2.05, 4.69) is 232 Å². The van der Waals surface area contributed by atoms with Crippen molar-refractivity contribution >= 4 is 78.0 Å². The average Bonchev–Trinajstić information content (AvgIpc) is 3.65. The van der Waals surface area contributed by atoms with Gasteiger partial charge < -0.3 is 9.80 Å². The number of thiophene rings is 1. The number of hydrogen-bond acceptors (Lipinski definition) is 3. The topological polar surface area (TPSA) is 6.48 Å². The van der Waals surface area contributed by atoms with E-state index in [-0.39, 0.29) is 28.4 Å². The van der Waals surface area contributed by atoms with Crippen LogP contribution < -0.4 is 25.5 Å². The van der Waals surface area contributed by atoms with Crippen LogP contribution in [-0.4, -0.2) is 6.71 Å². The Morgan fingerprint density at radius 1 is 0.500 bits per heavy atom. The van der Waals surface area contributed by atoms with E-state index in [1.54, 1.807) is 0 Å². The maximum Gasteiger partial charge on any atom is 0.264 e. The fraction of sp³-hybridized carbons (Fsp3) is 0.290. The zero-order valence-corrected chi connectivity index (χ0v) is 41.9. The molecule has 330 valence electrons. The lowest BCUT2D eigenvalue weighted by molar-refractivity contribution is 0.332. The summed E-state index contributed by atoms with van der Waals surface area (Å²) in [6.07, 6.45) is 2.38. The van der Waals surface area contributed by atoms with Gasteiger partial charge in [0.15, 0.2) is 0 Å².